The van der Waals surface area contributed by atoms with Crippen molar-refractivity contribution in [3.05, 3.63) is 0 Å². The summed E-state index contributed by atoms with van der Waals surface area (Å²) in [7, 11) is 0. The van der Waals surface area contributed by atoms with Crippen LogP contribution in [0.1, 0.15) is 38.5 Å². The lowest BCUT2D eigenvalue weighted by atomic mass is 10.2. The van der Waals surface area contributed by atoms with Crippen molar-refractivity contribution < 1.29 is 14.4 Å². The van der Waals surface area contributed by atoms with Crippen LogP contribution < -0.4 is 22.1 Å². The van der Waals surface area contributed by atoms with Crippen LogP contribution >= 0.6 is 0 Å². The van der Waals surface area contributed by atoms with E-state index in [0.29, 0.717) is 51.7 Å². The van der Waals surface area contributed by atoms with Gasteiger partial charge in [0.1, 0.15) is 0 Å². The topological polar surface area (TPSA) is 127 Å². The average molecular weight is 272 g/mol. The number of nitrogens with two attached hydrogens (primary N) is 2. The first kappa shape index (κ1) is 17.4. The Morgan fingerprint density at radius 2 is 1.26 bits per heavy atom. The molecule has 0 aliphatic heterocycles. The van der Waals surface area contributed by atoms with Crippen molar-refractivity contribution in [2.45, 2.75) is 38.5 Å². The summed E-state index contributed by atoms with van der Waals surface area (Å²) in [4.78, 5) is 33.0. The molecule has 0 aromatic carbocycles. The zero-order valence-electron chi connectivity index (χ0n) is 11.2. The number of hydrogen-bond donors (Lipinski definition) is 4. The minimum Gasteiger partial charge on any atom is -0.370 e. The molecule has 110 valence electrons. The van der Waals surface area contributed by atoms with Crippen LogP contribution in [0.25, 0.3) is 0 Å². The van der Waals surface area contributed by atoms with Crippen molar-refractivity contribution >= 4 is 17.7 Å². The second kappa shape index (κ2) is 11.5. The molecule has 0 unspecified atom stereocenters. The van der Waals surface area contributed by atoms with Gasteiger partial charge in [0.25, 0.3) is 0 Å². The first-order chi connectivity index (χ1) is 9.06. The van der Waals surface area contributed by atoms with Crippen LogP contribution in [0.5, 0.6) is 0 Å². The van der Waals surface area contributed by atoms with Crippen molar-refractivity contribution in [1.82, 2.24) is 10.6 Å². The molecule has 0 aromatic heterocycles. The molecule has 7 heteroatoms. The Balaban J connectivity index is 3.38. The summed E-state index contributed by atoms with van der Waals surface area (Å²) in [6.07, 6.45) is 2.88. The Bertz CT molecular complexity index is 295. The third kappa shape index (κ3) is 12.6. The van der Waals surface area contributed by atoms with E-state index in [1.165, 1.54) is 0 Å². The molecule has 0 rings (SSSR count). The number of primary amides is 1. The van der Waals surface area contributed by atoms with Gasteiger partial charge in [0.15, 0.2) is 0 Å². The third-order valence-electron chi connectivity index (χ3n) is 2.43. The number of carbonyl (C=O) groups is 3. The van der Waals surface area contributed by atoms with E-state index in [9.17, 15) is 14.4 Å². The Hall–Kier alpha value is -1.63. The summed E-state index contributed by atoms with van der Waals surface area (Å²) in [5.41, 5.74) is 10.3. The summed E-state index contributed by atoms with van der Waals surface area (Å²) in [5, 5.41) is 5.40. The first-order valence-corrected chi connectivity index (χ1v) is 6.58. The number of amides is 3. The minimum atomic E-state index is -0.366. The molecule has 0 radical (unpaired) electrons. The lowest BCUT2D eigenvalue weighted by molar-refractivity contribution is -0.123. The highest BCUT2D eigenvalue weighted by molar-refractivity contribution is 5.77. The second-order valence-corrected chi connectivity index (χ2v) is 4.27. The van der Waals surface area contributed by atoms with Gasteiger partial charge in [-0.05, 0) is 25.8 Å². The van der Waals surface area contributed by atoms with Gasteiger partial charge in [-0.1, -0.05) is 0 Å². The molecule has 7 nitrogen and oxygen atoms in total. The summed E-state index contributed by atoms with van der Waals surface area (Å²) in [5.74, 6) is -0.484. The second-order valence-electron chi connectivity index (χ2n) is 4.27. The SMILES string of the molecule is NCCCC(=O)NCCCC(=O)NCCCC(N)=O. The third-order valence-corrected chi connectivity index (χ3v) is 2.43. The number of carbonyl (C=O) groups excluding carboxylic acids is 3. The molecule has 0 atom stereocenters. The Morgan fingerprint density at radius 3 is 1.74 bits per heavy atom. The van der Waals surface area contributed by atoms with Crippen LogP contribution in [-0.2, 0) is 14.4 Å². The maximum absolute atomic E-state index is 11.3. The van der Waals surface area contributed by atoms with Crippen LogP contribution in [0.3, 0.4) is 0 Å². The van der Waals surface area contributed by atoms with Gasteiger partial charge >= 0.3 is 0 Å². The van der Waals surface area contributed by atoms with Crippen LogP contribution in [-0.4, -0.2) is 37.4 Å². The molecule has 6 N–H and O–H groups in total. The standard InChI is InChI=1S/C12H24N4O3/c13-7-1-5-11(18)16-9-3-6-12(19)15-8-2-4-10(14)17/h1-9,13H2,(H2,14,17)(H,15,19)(H,16,18). The highest BCUT2D eigenvalue weighted by Crippen LogP contribution is 1.91. The average Bonchev–Trinajstić information content (AvgIpc) is 2.37. The predicted molar refractivity (Wildman–Crippen MR) is 72.0 cm³/mol. The van der Waals surface area contributed by atoms with Gasteiger partial charge in [-0.2, -0.15) is 0 Å². The lowest BCUT2D eigenvalue weighted by Gasteiger charge is -2.06. The summed E-state index contributed by atoms with van der Waals surface area (Å²) >= 11 is 0. The quantitative estimate of drug-likeness (QED) is 0.360. The van der Waals surface area contributed by atoms with E-state index in [1.807, 2.05) is 0 Å². The van der Waals surface area contributed by atoms with Crippen molar-refractivity contribution in [1.29, 1.82) is 0 Å². The molecule has 0 aliphatic rings. The van der Waals surface area contributed by atoms with E-state index in [4.69, 9.17) is 11.5 Å². The Labute approximate surface area is 113 Å². The van der Waals surface area contributed by atoms with E-state index in [2.05, 4.69) is 10.6 Å². The number of nitrogens with one attached hydrogen (secondary N) is 2. The van der Waals surface area contributed by atoms with Crippen LogP contribution in [0.15, 0.2) is 0 Å². The molecule has 0 aromatic rings. The minimum absolute atomic E-state index is 0.0349. The molecule has 19 heavy (non-hydrogen) atoms. The van der Waals surface area contributed by atoms with E-state index >= 15 is 0 Å². The van der Waals surface area contributed by atoms with E-state index in [1.54, 1.807) is 0 Å². The fraction of sp³-hybridized carbons (Fsp3) is 0.750. The van der Waals surface area contributed by atoms with E-state index in [-0.39, 0.29) is 24.1 Å². The highest BCUT2D eigenvalue weighted by atomic mass is 16.2. The maximum Gasteiger partial charge on any atom is 0.220 e. The summed E-state index contributed by atoms with van der Waals surface area (Å²) in [6, 6.07) is 0. The zero-order valence-corrected chi connectivity index (χ0v) is 11.2. The van der Waals surface area contributed by atoms with Gasteiger partial charge in [-0.25, -0.2) is 0 Å². The van der Waals surface area contributed by atoms with Crippen LogP contribution in [0, 0.1) is 0 Å². The maximum atomic E-state index is 11.3. The normalized spacial score (nSPS) is 9.95. The molecule has 0 bridgehead atoms. The van der Waals surface area contributed by atoms with Gasteiger partial charge in [0.05, 0.1) is 0 Å². The van der Waals surface area contributed by atoms with Crippen molar-refractivity contribution in [3.63, 3.8) is 0 Å². The van der Waals surface area contributed by atoms with Crippen molar-refractivity contribution in [2.75, 3.05) is 19.6 Å². The van der Waals surface area contributed by atoms with Gasteiger partial charge in [0.2, 0.25) is 17.7 Å². The molecule has 0 heterocycles. The smallest absolute Gasteiger partial charge is 0.220 e. The molecule has 0 fully saturated rings. The molecule has 3 amide bonds. The monoisotopic (exact) mass is 272 g/mol. The van der Waals surface area contributed by atoms with Gasteiger partial charge in [-0.3, -0.25) is 14.4 Å². The van der Waals surface area contributed by atoms with E-state index in [0.717, 1.165) is 0 Å². The summed E-state index contributed by atoms with van der Waals surface area (Å²) < 4.78 is 0. The van der Waals surface area contributed by atoms with Gasteiger partial charge in [-0.15, -0.1) is 0 Å². The fourth-order valence-corrected chi connectivity index (χ4v) is 1.41. The van der Waals surface area contributed by atoms with Crippen LogP contribution in [0.4, 0.5) is 0 Å². The molecule has 0 saturated carbocycles. The molecule has 0 saturated heterocycles. The van der Waals surface area contributed by atoms with Gasteiger partial charge in [0, 0.05) is 32.4 Å². The number of rotatable bonds is 11. The Morgan fingerprint density at radius 1 is 0.789 bits per heavy atom. The van der Waals surface area contributed by atoms with Gasteiger partial charge < -0.3 is 22.1 Å². The zero-order chi connectivity index (χ0) is 14.5. The highest BCUT2D eigenvalue weighted by Gasteiger charge is 2.03. The number of hydrogen-bond acceptors (Lipinski definition) is 4. The summed E-state index contributed by atoms with van der Waals surface area (Å²) in [6.45, 7) is 1.43. The first-order valence-electron chi connectivity index (χ1n) is 6.58. The predicted octanol–water partition coefficient (Wildman–Crippen LogP) is -0.997. The van der Waals surface area contributed by atoms with Crippen LogP contribution in [0.2, 0.25) is 0 Å². The molecule has 0 spiro atoms. The largest absolute Gasteiger partial charge is 0.370 e. The van der Waals surface area contributed by atoms with Crippen molar-refractivity contribution in [3.8, 4) is 0 Å². The lowest BCUT2D eigenvalue weighted by Crippen LogP contribution is -2.28. The van der Waals surface area contributed by atoms with Crippen molar-refractivity contribution in [2.24, 2.45) is 11.5 Å². The van der Waals surface area contributed by atoms with E-state index < -0.39 is 0 Å². The fourth-order valence-electron chi connectivity index (χ4n) is 1.41. The molecule has 0 aliphatic carbocycles. The molecular weight excluding hydrogens is 248 g/mol. The molecular formula is C12H24N4O3. The Kier molecular flexibility index (Phi) is 10.5.